The molecule has 88 valence electrons. The van der Waals surface area contributed by atoms with E-state index < -0.39 is 0 Å². The van der Waals surface area contributed by atoms with E-state index in [1.807, 2.05) is 18.2 Å². The van der Waals surface area contributed by atoms with Crippen molar-refractivity contribution in [1.29, 1.82) is 0 Å². The molecule has 1 aromatic heterocycles. The summed E-state index contributed by atoms with van der Waals surface area (Å²) < 4.78 is 6.10. The van der Waals surface area contributed by atoms with Crippen LogP contribution in [0.5, 0.6) is 5.75 Å². The molecule has 0 aliphatic heterocycles. The molecule has 0 saturated carbocycles. The number of nitrogens with one attached hydrogen (secondary N) is 1. The molecule has 0 saturated heterocycles. The van der Waals surface area contributed by atoms with Crippen LogP contribution in [0.15, 0.2) is 34.9 Å². The van der Waals surface area contributed by atoms with Gasteiger partial charge >= 0.3 is 0 Å². The smallest absolute Gasteiger partial charge is 0.221 e. The molecular formula is C11H11BrN4O. The third-order valence-corrected chi connectivity index (χ3v) is 2.75. The van der Waals surface area contributed by atoms with Gasteiger partial charge in [-0.05, 0) is 34.1 Å². The first kappa shape index (κ1) is 11.7. The molecule has 6 heteroatoms. The number of rotatable bonds is 3. The van der Waals surface area contributed by atoms with E-state index in [1.54, 1.807) is 19.4 Å². The van der Waals surface area contributed by atoms with Crippen molar-refractivity contribution >= 4 is 33.4 Å². The number of nitrogen functional groups attached to an aromatic ring is 1. The Balaban J connectivity index is 2.24. The van der Waals surface area contributed by atoms with E-state index in [0.717, 1.165) is 15.9 Å². The average molecular weight is 295 g/mol. The Bertz CT molecular complexity index is 533. The van der Waals surface area contributed by atoms with E-state index in [2.05, 4.69) is 31.2 Å². The third-order valence-electron chi connectivity index (χ3n) is 2.10. The molecule has 0 bridgehead atoms. The van der Waals surface area contributed by atoms with Crippen LogP contribution in [0.1, 0.15) is 0 Å². The highest BCUT2D eigenvalue weighted by molar-refractivity contribution is 9.10. The normalized spacial score (nSPS) is 10.0. The van der Waals surface area contributed by atoms with Gasteiger partial charge in [0.05, 0.1) is 11.6 Å². The summed E-state index contributed by atoms with van der Waals surface area (Å²) >= 11 is 3.39. The quantitative estimate of drug-likeness (QED) is 0.910. The lowest BCUT2D eigenvalue weighted by Gasteiger charge is -2.08. The van der Waals surface area contributed by atoms with Gasteiger partial charge in [-0.3, -0.25) is 0 Å². The van der Waals surface area contributed by atoms with Crippen LogP contribution in [-0.4, -0.2) is 17.1 Å². The average Bonchev–Trinajstić information content (AvgIpc) is 2.32. The van der Waals surface area contributed by atoms with Gasteiger partial charge in [-0.15, -0.1) is 0 Å². The first-order valence-electron chi connectivity index (χ1n) is 4.88. The van der Waals surface area contributed by atoms with Crippen LogP contribution in [-0.2, 0) is 0 Å². The number of hydrogen-bond acceptors (Lipinski definition) is 5. The maximum absolute atomic E-state index is 5.50. The van der Waals surface area contributed by atoms with Crippen LogP contribution < -0.4 is 15.8 Å². The second-order valence-corrected chi connectivity index (χ2v) is 4.13. The van der Waals surface area contributed by atoms with Crippen LogP contribution in [0.2, 0.25) is 0 Å². The number of nitrogens with zero attached hydrogens (tertiary/aromatic N) is 2. The summed E-state index contributed by atoms with van der Waals surface area (Å²) in [5.41, 5.74) is 6.36. The molecule has 17 heavy (non-hydrogen) atoms. The number of benzene rings is 1. The molecule has 1 heterocycles. The van der Waals surface area contributed by atoms with E-state index in [1.165, 1.54) is 0 Å². The zero-order valence-electron chi connectivity index (χ0n) is 9.14. The molecule has 2 aromatic rings. The summed E-state index contributed by atoms with van der Waals surface area (Å²) in [4.78, 5) is 7.87. The summed E-state index contributed by atoms with van der Waals surface area (Å²) in [5, 5.41) is 3.11. The highest BCUT2D eigenvalue weighted by Crippen LogP contribution is 2.28. The van der Waals surface area contributed by atoms with Gasteiger partial charge in [-0.25, -0.2) is 4.98 Å². The standard InChI is InChI=1S/C11H11BrN4O/c1-17-9-6-7(2-3-8(9)12)15-10-4-5-14-11(13)16-10/h2-6H,1H3,(H3,13,14,15,16). The minimum absolute atomic E-state index is 0.235. The second-order valence-electron chi connectivity index (χ2n) is 3.27. The zero-order valence-corrected chi connectivity index (χ0v) is 10.7. The predicted molar refractivity (Wildman–Crippen MR) is 70.4 cm³/mol. The SMILES string of the molecule is COc1cc(Nc2ccnc(N)n2)ccc1Br. The summed E-state index contributed by atoms with van der Waals surface area (Å²) in [7, 11) is 1.62. The number of anilines is 3. The predicted octanol–water partition coefficient (Wildman–Crippen LogP) is 2.57. The molecule has 5 nitrogen and oxygen atoms in total. The van der Waals surface area contributed by atoms with Crippen molar-refractivity contribution < 1.29 is 4.74 Å². The van der Waals surface area contributed by atoms with Crippen LogP contribution in [0.3, 0.4) is 0 Å². The van der Waals surface area contributed by atoms with Gasteiger partial charge in [0, 0.05) is 18.0 Å². The first-order valence-corrected chi connectivity index (χ1v) is 5.67. The van der Waals surface area contributed by atoms with Gasteiger partial charge in [0.25, 0.3) is 0 Å². The summed E-state index contributed by atoms with van der Waals surface area (Å²) in [6.45, 7) is 0. The van der Waals surface area contributed by atoms with Gasteiger partial charge in [-0.1, -0.05) is 0 Å². The van der Waals surface area contributed by atoms with Crippen molar-refractivity contribution in [1.82, 2.24) is 9.97 Å². The Morgan fingerprint density at radius 1 is 1.35 bits per heavy atom. The van der Waals surface area contributed by atoms with E-state index in [0.29, 0.717) is 5.82 Å². The lowest BCUT2D eigenvalue weighted by Crippen LogP contribution is -1.99. The lowest BCUT2D eigenvalue weighted by molar-refractivity contribution is 0.412. The van der Waals surface area contributed by atoms with Crippen molar-refractivity contribution in [3.63, 3.8) is 0 Å². The van der Waals surface area contributed by atoms with Crippen molar-refractivity contribution in [2.24, 2.45) is 0 Å². The van der Waals surface area contributed by atoms with Gasteiger partial charge in [0.2, 0.25) is 5.95 Å². The number of halogens is 1. The van der Waals surface area contributed by atoms with Gasteiger partial charge < -0.3 is 15.8 Å². The molecular weight excluding hydrogens is 284 g/mol. The number of ether oxygens (including phenoxy) is 1. The van der Waals surface area contributed by atoms with E-state index in [-0.39, 0.29) is 5.95 Å². The highest BCUT2D eigenvalue weighted by Gasteiger charge is 2.02. The van der Waals surface area contributed by atoms with Crippen molar-refractivity contribution in [3.8, 4) is 5.75 Å². The maximum atomic E-state index is 5.50. The molecule has 3 N–H and O–H groups in total. The van der Waals surface area contributed by atoms with E-state index in [9.17, 15) is 0 Å². The highest BCUT2D eigenvalue weighted by atomic mass is 79.9. The molecule has 0 aliphatic carbocycles. The second kappa shape index (κ2) is 5.01. The lowest BCUT2D eigenvalue weighted by atomic mass is 10.3. The number of methoxy groups -OCH3 is 1. The first-order chi connectivity index (χ1) is 8.19. The molecule has 0 spiro atoms. The summed E-state index contributed by atoms with van der Waals surface area (Å²) in [5.74, 6) is 1.62. The van der Waals surface area contributed by atoms with Gasteiger partial charge in [0.15, 0.2) is 0 Å². The van der Waals surface area contributed by atoms with Crippen LogP contribution in [0, 0.1) is 0 Å². The minimum atomic E-state index is 0.235. The van der Waals surface area contributed by atoms with Gasteiger partial charge in [0.1, 0.15) is 11.6 Å². The van der Waals surface area contributed by atoms with Gasteiger partial charge in [-0.2, -0.15) is 4.98 Å². The van der Waals surface area contributed by atoms with Crippen LogP contribution >= 0.6 is 15.9 Å². The van der Waals surface area contributed by atoms with Crippen LogP contribution in [0.25, 0.3) is 0 Å². The number of aromatic nitrogens is 2. The molecule has 2 rings (SSSR count). The Hall–Kier alpha value is -1.82. The summed E-state index contributed by atoms with van der Waals surface area (Å²) in [6.07, 6.45) is 1.60. The zero-order chi connectivity index (χ0) is 12.3. The molecule has 1 aromatic carbocycles. The molecule has 0 amide bonds. The summed E-state index contributed by atoms with van der Waals surface area (Å²) in [6, 6.07) is 7.41. The van der Waals surface area contributed by atoms with Crippen molar-refractivity contribution in [2.45, 2.75) is 0 Å². The number of hydrogen-bond donors (Lipinski definition) is 2. The molecule has 0 radical (unpaired) electrons. The maximum Gasteiger partial charge on any atom is 0.221 e. The molecule has 0 atom stereocenters. The van der Waals surface area contributed by atoms with Crippen LogP contribution in [0.4, 0.5) is 17.5 Å². The fraction of sp³-hybridized carbons (Fsp3) is 0.0909. The fourth-order valence-corrected chi connectivity index (χ4v) is 1.74. The molecule has 0 unspecified atom stereocenters. The Labute approximate surface area is 107 Å². The van der Waals surface area contributed by atoms with Crippen molar-refractivity contribution in [3.05, 3.63) is 34.9 Å². The Morgan fingerprint density at radius 2 is 2.18 bits per heavy atom. The largest absolute Gasteiger partial charge is 0.495 e. The molecule has 0 aliphatic rings. The molecule has 0 fully saturated rings. The van der Waals surface area contributed by atoms with E-state index in [4.69, 9.17) is 10.5 Å². The topological polar surface area (TPSA) is 73.1 Å². The van der Waals surface area contributed by atoms with E-state index >= 15 is 0 Å². The Morgan fingerprint density at radius 3 is 2.88 bits per heavy atom. The monoisotopic (exact) mass is 294 g/mol. The van der Waals surface area contributed by atoms with Crippen molar-refractivity contribution in [2.75, 3.05) is 18.2 Å². The Kier molecular flexibility index (Phi) is 3.43. The number of nitrogens with two attached hydrogens (primary N) is 1. The fourth-order valence-electron chi connectivity index (χ4n) is 1.33. The minimum Gasteiger partial charge on any atom is -0.495 e. The third kappa shape index (κ3) is 2.85.